The minimum Gasteiger partial charge on any atom is -0.348 e. The van der Waals surface area contributed by atoms with Crippen molar-refractivity contribution in [3.63, 3.8) is 0 Å². The van der Waals surface area contributed by atoms with E-state index in [1.165, 1.54) is 23.8 Å². The number of nitro benzene ring substituents is 1. The minimum atomic E-state index is -0.454. The van der Waals surface area contributed by atoms with E-state index in [-0.39, 0.29) is 11.6 Å². The molecule has 160 valence electrons. The number of hydrogen-bond acceptors (Lipinski definition) is 5. The molecular formula is C25H21N3O3S. The molecule has 4 aromatic rings. The molecule has 0 unspecified atom stereocenters. The van der Waals surface area contributed by atoms with Crippen molar-refractivity contribution >= 4 is 22.9 Å². The molecule has 0 atom stereocenters. The number of carbonyl (C=O) groups is 1. The van der Waals surface area contributed by atoms with Crippen LogP contribution >= 0.6 is 11.3 Å². The molecule has 4 rings (SSSR count). The van der Waals surface area contributed by atoms with Crippen molar-refractivity contribution in [2.75, 3.05) is 0 Å². The average Bonchev–Trinajstić information content (AvgIpc) is 3.28. The molecular weight excluding hydrogens is 422 g/mol. The van der Waals surface area contributed by atoms with Gasteiger partial charge in [-0.25, -0.2) is 4.98 Å². The number of hydrogen-bond donors (Lipinski definition) is 1. The van der Waals surface area contributed by atoms with Crippen LogP contribution in [0.25, 0.3) is 21.8 Å². The van der Waals surface area contributed by atoms with Crippen LogP contribution in [0.2, 0.25) is 0 Å². The summed E-state index contributed by atoms with van der Waals surface area (Å²) in [6.45, 7) is 4.05. The van der Waals surface area contributed by atoms with Gasteiger partial charge in [0.05, 0.1) is 10.6 Å². The molecule has 0 aliphatic carbocycles. The molecule has 3 aromatic carbocycles. The Kier molecular flexibility index (Phi) is 6.09. The van der Waals surface area contributed by atoms with Crippen LogP contribution in [-0.2, 0) is 6.54 Å². The minimum absolute atomic E-state index is 0.00450. The summed E-state index contributed by atoms with van der Waals surface area (Å²) in [5.74, 6) is -0.269. The highest BCUT2D eigenvalue weighted by Gasteiger charge is 2.14. The lowest BCUT2D eigenvalue weighted by Gasteiger charge is -2.07. The highest BCUT2D eigenvalue weighted by Crippen LogP contribution is 2.29. The second-order valence-corrected chi connectivity index (χ2v) is 8.40. The maximum atomic E-state index is 12.4. The normalized spacial score (nSPS) is 10.7. The first-order valence-corrected chi connectivity index (χ1v) is 10.9. The maximum absolute atomic E-state index is 12.4. The van der Waals surface area contributed by atoms with E-state index in [2.05, 4.69) is 41.9 Å². The summed E-state index contributed by atoms with van der Waals surface area (Å²) in [4.78, 5) is 27.6. The van der Waals surface area contributed by atoms with Crippen LogP contribution in [0.15, 0.2) is 72.1 Å². The zero-order valence-corrected chi connectivity index (χ0v) is 18.5. The Morgan fingerprint density at radius 2 is 1.69 bits per heavy atom. The van der Waals surface area contributed by atoms with Crippen molar-refractivity contribution in [3.8, 4) is 21.8 Å². The number of aromatic nitrogens is 1. The Bertz CT molecular complexity index is 1280. The number of nitro groups is 1. The number of nitrogens with zero attached hydrogens (tertiary/aromatic N) is 2. The van der Waals surface area contributed by atoms with Gasteiger partial charge in [-0.15, -0.1) is 11.3 Å². The molecule has 7 heteroatoms. The van der Waals surface area contributed by atoms with Gasteiger partial charge in [0.15, 0.2) is 0 Å². The fourth-order valence-corrected chi connectivity index (χ4v) is 4.15. The first-order valence-electron chi connectivity index (χ1n) is 10.1. The lowest BCUT2D eigenvalue weighted by Crippen LogP contribution is -2.22. The summed E-state index contributed by atoms with van der Waals surface area (Å²) in [5, 5.41) is 16.8. The molecule has 1 heterocycles. The van der Waals surface area contributed by atoms with Crippen molar-refractivity contribution in [1.82, 2.24) is 10.3 Å². The van der Waals surface area contributed by atoms with Crippen molar-refractivity contribution in [3.05, 3.63) is 104 Å². The van der Waals surface area contributed by atoms with Gasteiger partial charge in [-0.05, 0) is 31.5 Å². The predicted octanol–water partition coefficient (Wildman–Crippen LogP) is 5.93. The Morgan fingerprint density at radius 1 is 1.00 bits per heavy atom. The van der Waals surface area contributed by atoms with Gasteiger partial charge in [-0.3, -0.25) is 14.9 Å². The molecule has 1 amide bonds. The summed E-state index contributed by atoms with van der Waals surface area (Å²) >= 11 is 1.60. The fraction of sp³-hybridized carbons (Fsp3) is 0.120. The number of carbonyl (C=O) groups excluding carboxylic acids is 1. The Morgan fingerprint density at radius 3 is 2.34 bits per heavy atom. The van der Waals surface area contributed by atoms with Gasteiger partial charge < -0.3 is 5.32 Å². The first-order chi connectivity index (χ1) is 15.4. The summed E-state index contributed by atoms with van der Waals surface area (Å²) in [6, 6.07) is 20.6. The summed E-state index contributed by atoms with van der Waals surface area (Å²) in [5.41, 5.74) is 6.11. The van der Waals surface area contributed by atoms with Crippen LogP contribution in [0.1, 0.15) is 27.0 Å². The topological polar surface area (TPSA) is 85.1 Å². The van der Waals surface area contributed by atoms with Gasteiger partial charge in [-0.2, -0.15) is 0 Å². The van der Waals surface area contributed by atoms with Crippen LogP contribution in [0.3, 0.4) is 0 Å². The number of amides is 1. The van der Waals surface area contributed by atoms with Gasteiger partial charge in [-0.1, -0.05) is 54.1 Å². The van der Waals surface area contributed by atoms with E-state index in [0.29, 0.717) is 17.7 Å². The fourth-order valence-electron chi connectivity index (χ4n) is 3.31. The molecule has 0 aliphatic rings. The van der Waals surface area contributed by atoms with Gasteiger partial charge >= 0.3 is 0 Å². The summed E-state index contributed by atoms with van der Waals surface area (Å²) in [6.07, 6.45) is 0. The van der Waals surface area contributed by atoms with Crippen LogP contribution in [0.4, 0.5) is 5.69 Å². The highest BCUT2D eigenvalue weighted by atomic mass is 32.1. The molecule has 0 radical (unpaired) electrons. The SMILES string of the molecule is Cc1ccc(-c2csc(-c3ccc(CNC(=O)c4ccc([N+](=O)[O-])c(C)c4)cc3)n2)cc1. The van der Waals surface area contributed by atoms with Crippen LogP contribution < -0.4 is 5.32 Å². The monoisotopic (exact) mass is 443 g/mol. The summed E-state index contributed by atoms with van der Waals surface area (Å²) in [7, 11) is 0. The number of rotatable bonds is 6. The van der Waals surface area contributed by atoms with E-state index in [9.17, 15) is 14.9 Å². The molecule has 0 aliphatic heterocycles. The smallest absolute Gasteiger partial charge is 0.272 e. The van der Waals surface area contributed by atoms with E-state index in [0.717, 1.165) is 27.4 Å². The van der Waals surface area contributed by atoms with Gasteiger partial charge in [0.25, 0.3) is 11.6 Å². The lowest BCUT2D eigenvalue weighted by molar-refractivity contribution is -0.385. The standard InChI is InChI=1S/C25H21N3O3S/c1-16-3-7-19(8-4-16)22-15-32-25(27-22)20-9-5-18(6-10-20)14-26-24(29)21-11-12-23(28(30)31)17(2)13-21/h3-13,15H,14H2,1-2H3,(H,26,29). The first kappa shape index (κ1) is 21.4. The number of benzene rings is 3. The molecule has 1 aromatic heterocycles. The van der Waals surface area contributed by atoms with E-state index in [1.807, 2.05) is 24.3 Å². The van der Waals surface area contributed by atoms with Crippen molar-refractivity contribution in [2.24, 2.45) is 0 Å². The van der Waals surface area contributed by atoms with Gasteiger partial charge in [0, 0.05) is 40.2 Å². The Hall–Kier alpha value is -3.84. The van der Waals surface area contributed by atoms with Crippen LogP contribution in [-0.4, -0.2) is 15.8 Å². The second kappa shape index (κ2) is 9.11. The zero-order chi connectivity index (χ0) is 22.7. The molecule has 0 spiro atoms. The third-order valence-electron chi connectivity index (χ3n) is 5.16. The van der Waals surface area contributed by atoms with E-state index in [1.54, 1.807) is 18.3 Å². The Labute approximate surface area is 189 Å². The van der Waals surface area contributed by atoms with E-state index >= 15 is 0 Å². The number of aryl methyl sites for hydroxylation is 2. The number of nitrogens with one attached hydrogen (secondary N) is 1. The second-order valence-electron chi connectivity index (χ2n) is 7.54. The van der Waals surface area contributed by atoms with E-state index in [4.69, 9.17) is 4.98 Å². The highest BCUT2D eigenvalue weighted by molar-refractivity contribution is 7.13. The van der Waals surface area contributed by atoms with Crippen LogP contribution in [0, 0.1) is 24.0 Å². The largest absolute Gasteiger partial charge is 0.348 e. The quantitative estimate of drug-likeness (QED) is 0.295. The summed E-state index contributed by atoms with van der Waals surface area (Å²) < 4.78 is 0. The molecule has 1 N–H and O–H groups in total. The van der Waals surface area contributed by atoms with Crippen LogP contribution in [0.5, 0.6) is 0 Å². The third-order valence-corrected chi connectivity index (χ3v) is 6.05. The third kappa shape index (κ3) is 4.73. The molecule has 0 bridgehead atoms. The van der Waals surface area contributed by atoms with Gasteiger partial charge in [0.2, 0.25) is 0 Å². The van der Waals surface area contributed by atoms with Crippen molar-refractivity contribution < 1.29 is 9.72 Å². The molecule has 6 nitrogen and oxygen atoms in total. The van der Waals surface area contributed by atoms with Gasteiger partial charge in [0.1, 0.15) is 5.01 Å². The van der Waals surface area contributed by atoms with E-state index < -0.39 is 4.92 Å². The Balaban J connectivity index is 1.40. The maximum Gasteiger partial charge on any atom is 0.272 e. The lowest BCUT2D eigenvalue weighted by atomic mass is 10.1. The van der Waals surface area contributed by atoms with Crippen molar-refractivity contribution in [1.29, 1.82) is 0 Å². The molecule has 0 fully saturated rings. The molecule has 0 saturated heterocycles. The molecule has 32 heavy (non-hydrogen) atoms. The van der Waals surface area contributed by atoms with Crippen molar-refractivity contribution in [2.45, 2.75) is 20.4 Å². The zero-order valence-electron chi connectivity index (χ0n) is 17.7. The molecule has 0 saturated carbocycles. The number of thiazole rings is 1. The predicted molar refractivity (Wildman–Crippen MR) is 127 cm³/mol. The average molecular weight is 444 g/mol.